The summed E-state index contributed by atoms with van der Waals surface area (Å²) in [5.41, 5.74) is 6.39. The quantitative estimate of drug-likeness (QED) is 0.534. The van der Waals surface area contributed by atoms with Crippen LogP contribution in [0.25, 0.3) is 21.1 Å². The monoisotopic (exact) mass is 307 g/mol. The molecule has 4 aromatic rings. The molecule has 0 fully saturated rings. The fraction of sp³-hybridized carbons (Fsp3) is 0.0588. The van der Waals surface area contributed by atoms with Crippen molar-refractivity contribution in [3.63, 3.8) is 0 Å². The van der Waals surface area contributed by atoms with Gasteiger partial charge in [-0.25, -0.2) is 4.98 Å². The number of aromatic nitrogens is 2. The maximum absolute atomic E-state index is 10.1. The maximum atomic E-state index is 10.1. The zero-order valence-electron chi connectivity index (χ0n) is 11.9. The Morgan fingerprint density at radius 2 is 2.18 bits per heavy atom. The Labute approximate surface area is 130 Å². The van der Waals surface area contributed by atoms with Crippen LogP contribution in [0.5, 0.6) is 5.88 Å². The van der Waals surface area contributed by atoms with E-state index in [9.17, 15) is 5.11 Å². The molecule has 22 heavy (non-hydrogen) atoms. The Morgan fingerprint density at radius 1 is 1.27 bits per heavy atom. The van der Waals surface area contributed by atoms with Crippen molar-refractivity contribution in [2.24, 2.45) is 4.99 Å². The Bertz CT molecular complexity index is 1010. The summed E-state index contributed by atoms with van der Waals surface area (Å²) in [4.78, 5) is 11.7. The van der Waals surface area contributed by atoms with Crippen molar-refractivity contribution >= 4 is 44.4 Å². The van der Waals surface area contributed by atoms with Crippen molar-refractivity contribution in [2.75, 3.05) is 0 Å². The van der Waals surface area contributed by atoms with Crippen molar-refractivity contribution in [1.82, 2.24) is 9.97 Å². The predicted molar refractivity (Wildman–Crippen MR) is 91.6 cm³/mol. The van der Waals surface area contributed by atoms with Gasteiger partial charge < -0.3 is 10.1 Å². The molecule has 0 bridgehead atoms. The van der Waals surface area contributed by atoms with Crippen LogP contribution in [0.3, 0.4) is 0 Å². The molecule has 5 heteroatoms. The third-order valence-electron chi connectivity index (χ3n) is 3.71. The van der Waals surface area contributed by atoms with E-state index in [4.69, 9.17) is 0 Å². The fourth-order valence-electron chi connectivity index (χ4n) is 2.63. The molecule has 2 N–H and O–H groups in total. The molecule has 0 amide bonds. The van der Waals surface area contributed by atoms with Gasteiger partial charge in [-0.3, -0.25) is 4.99 Å². The minimum Gasteiger partial charge on any atom is -0.494 e. The summed E-state index contributed by atoms with van der Waals surface area (Å²) < 4.78 is 1.11. The second-order valence-corrected chi connectivity index (χ2v) is 6.03. The fourth-order valence-corrected chi connectivity index (χ4v) is 3.34. The number of rotatable bonds is 2. The summed E-state index contributed by atoms with van der Waals surface area (Å²) in [6.07, 6.45) is 1.71. The van der Waals surface area contributed by atoms with Gasteiger partial charge in [-0.15, -0.1) is 11.3 Å². The molecule has 0 unspecified atom stereocenters. The Balaban J connectivity index is 1.80. The van der Waals surface area contributed by atoms with E-state index in [1.807, 2.05) is 48.8 Å². The number of benzene rings is 2. The van der Waals surface area contributed by atoms with Crippen LogP contribution in [0.4, 0.5) is 5.69 Å². The molecule has 2 aromatic heterocycles. The second kappa shape index (κ2) is 4.96. The van der Waals surface area contributed by atoms with Gasteiger partial charge >= 0.3 is 0 Å². The van der Waals surface area contributed by atoms with Gasteiger partial charge in [-0.1, -0.05) is 12.1 Å². The number of fused-ring (bicyclic) bond motifs is 2. The van der Waals surface area contributed by atoms with Crippen LogP contribution in [0, 0.1) is 6.92 Å². The largest absolute Gasteiger partial charge is 0.494 e. The first-order chi connectivity index (χ1) is 10.7. The van der Waals surface area contributed by atoms with E-state index in [0.29, 0.717) is 0 Å². The van der Waals surface area contributed by atoms with E-state index < -0.39 is 0 Å². The number of nitrogens with zero attached hydrogens (tertiary/aromatic N) is 2. The number of aliphatic imine (C=N–C) groups is 1. The van der Waals surface area contributed by atoms with Gasteiger partial charge in [0, 0.05) is 17.1 Å². The number of nitrogens with one attached hydrogen (secondary N) is 1. The topological polar surface area (TPSA) is 61.3 Å². The molecule has 108 valence electrons. The average Bonchev–Trinajstić information content (AvgIpc) is 3.09. The molecular formula is C17H13N3OS. The molecular weight excluding hydrogens is 294 g/mol. The summed E-state index contributed by atoms with van der Waals surface area (Å²) >= 11 is 1.59. The summed E-state index contributed by atoms with van der Waals surface area (Å²) in [6.45, 7) is 2.02. The van der Waals surface area contributed by atoms with Crippen LogP contribution < -0.4 is 0 Å². The molecule has 2 aromatic carbocycles. The van der Waals surface area contributed by atoms with Gasteiger partial charge in [0.05, 0.1) is 27.0 Å². The predicted octanol–water partition coefficient (Wildman–Crippen LogP) is 4.54. The van der Waals surface area contributed by atoms with E-state index in [1.165, 1.54) is 0 Å². The third kappa shape index (κ3) is 2.07. The highest BCUT2D eigenvalue weighted by Gasteiger charge is 2.10. The lowest BCUT2D eigenvalue weighted by Gasteiger charge is -1.98. The smallest absolute Gasteiger partial charge is 0.198 e. The van der Waals surface area contributed by atoms with Crippen LogP contribution in [-0.2, 0) is 0 Å². The molecule has 0 aliphatic carbocycles. The molecule has 0 aliphatic rings. The number of H-pyrrole nitrogens is 1. The molecule has 2 heterocycles. The molecule has 0 aliphatic heterocycles. The molecule has 4 nitrogen and oxygen atoms in total. The van der Waals surface area contributed by atoms with E-state index in [2.05, 4.69) is 15.0 Å². The minimum atomic E-state index is 0.145. The lowest BCUT2D eigenvalue weighted by atomic mass is 10.1. The van der Waals surface area contributed by atoms with Crippen LogP contribution >= 0.6 is 11.3 Å². The lowest BCUT2D eigenvalue weighted by Crippen LogP contribution is -1.82. The van der Waals surface area contributed by atoms with Gasteiger partial charge in [0.1, 0.15) is 0 Å². The standard InChI is InChI=1S/C17H13N3OS/c1-10-3-2-4-14-16(10)12(17(21)20-14)8-18-11-5-6-13-15(7-11)22-9-19-13/h2-9,20-21H,1H3. The Morgan fingerprint density at radius 3 is 3.09 bits per heavy atom. The second-order valence-electron chi connectivity index (χ2n) is 5.15. The van der Waals surface area contributed by atoms with Crippen LogP contribution in [0.15, 0.2) is 46.9 Å². The van der Waals surface area contributed by atoms with Gasteiger partial charge in [0.25, 0.3) is 0 Å². The van der Waals surface area contributed by atoms with Gasteiger partial charge in [-0.2, -0.15) is 0 Å². The normalized spacial score (nSPS) is 11.9. The molecule has 4 rings (SSSR count). The molecule has 0 saturated heterocycles. The number of hydrogen-bond donors (Lipinski definition) is 2. The van der Waals surface area contributed by atoms with Crippen molar-refractivity contribution in [3.8, 4) is 5.88 Å². The third-order valence-corrected chi connectivity index (χ3v) is 4.50. The summed E-state index contributed by atoms with van der Waals surface area (Å²) in [5, 5.41) is 11.1. The van der Waals surface area contributed by atoms with Gasteiger partial charge in [0.15, 0.2) is 5.88 Å². The number of thiazole rings is 1. The SMILES string of the molecule is Cc1cccc2[nH]c(O)c(C=Nc3ccc4ncsc4c3)c12. The minimum absolute atomic E-state index is 0.145. The number of hydrogen-bond acceptors (Lipinski definition) is 4. The van der Waals surface area contributed by atoms with Crippen molar-refractivity contribution in [1.29, 1.82) is 0 Å². The maximum Gasteiger partial charge on any atom is 0.198 e. The van der Waals surface area contributed by atoms with Crippen molar-refractivity contribution in [2.45, 2.75) is 6.92 Å². The van der Waals surface area contributed by atoms with E-state index in [1.54, 1.807) is 17.6 Å². The first-order valence-electron chi connectivity index (χ1n) is 6.90. The average molecular weight is 307 g/mol. The van der Waals surface area contributed by atoms with Gasteiger partial charge in [-0.05, 0) is 36.8 Å². The zero-order valence-corrected chi connectivity index (χ0v) is 12.7. The highest BCUT2D eigenvalue weighted by atomic mass is 32.1. The zero-order chi connectivity index (χ0) is 15.1. The molecule has 0 atom stereocenters. The number of aryl methyl sites for hydroxylation is 1. The summed E-state index contributed by atoms with van der Waals surface area (Å²) in [5.74, 6) is 0.145. The van der Waals surface area contributed by atoms with E-state index in [0.717, 1.165) is 37.9 Å². The van der Waals surface area contributed by atoms with E-state index >= 15 is 0 Å². The molecule has 0 saturated carbocycles. The first kappa shape index (κ1) is 13.0. The van der Waals surface area contributed by atoms with E-state index in [-0.39, 0.29) is 5.88 Å². The van der Waals surface area contributed by atoms with Crippen molar-refractivity contribution in [3.05, 3.63) is 53.0 Å². The van der Waals surface area contributed by atoms with Gasteiger partial charge in [0.2, 0.25) is 0 Å². The Hall–Kier alpha value is -2.66. The summed E-state index contributed by atoms with van der Waals surface area (Å²) in [7, 11) is 0. The first-order valence-corrected chi connectivity index (χ1v) is 7.78. The highest BCUT2D eigenvalue weighted by Crippen LogP contribution is 2.29. The summed E-state index contributed by atoms with van der Waals surface area (Å²) in [6, 6.07) is 11.8. The molecule has 0 spiro atoms. The van der Waals surface area contributed by atoms with Crippen LogP contribution in [-0.4, -0.2) is 21.3 Å². The van der Waals surface area contributed by atoms with Crippen LogP contribution in [0.1, 0.15) is 11.1 Å². The highest BCUT2D eigenvalue weighted by molar-refractivity contribution is 7.16. The number of aromatic amines is 1. The number of aromatic hydroxyl groups is 1. The lowest BCUT2D eigenvalue weighted by molar-refractivity contribution is 0.457. The molecule has 0 radical (unpaired) electrons. The Kier molecular flexibility index (Phi) is 2.94. The van der Waals surface area contributed by atoms with Crippen molar-refractivity contribution < 1.29 is 5.11 Å². The van der Waals surface area contributed by atoms with Crippen LogP contribution in [0.2, 0.25) is 0 Å².